The first-order valence-electron chi connectivity index (χ1n) is 6.09. The van der Waals surface area contributed by atoms with E-state index in [4.69, 9.17) is 5.73 Å². The van der Waals surface area contributed by atoms with E-state index < -0.39 is 0 Å². The van der Waals surface area contributed by atoms with Crippen molar-refractivity contribution in [2.45, 2.75) is 32.6 Å². The predicted molar refractivity (Wildman–Crippen MR) is 70.1 cm³/mol. The van der Waals surface area contributed by atoms with E-state index in [0.29, 0.717) is 11.6 Å². The third-order valence-corrected chi connectivity index (χ3v) is 4.13. The van der Waals surface area contributed by atoms with E-state index in [1.54, 1.807) is 6.20 Å². The average Bonchev–Trinajstić information content (AvgIpc) is 2.75. The molecule has 1 aromatic rings. The number of nitrogens with one attached hydrogen (secondary N) is 1. The van der Waals surface area contributed by atoms with Crippen molar-refractivity contribution < 1.29 is 9.59 Å². The van der Waals surface area contributed by atoms with Gasteiger partial charge in [-0.25, -0.2) is 4.98 Å². The molecule has 18 heavy (non-hydrogen) atoms. The summed E-state index contributed by atoms with van der Waals surface area (Å²) in [4.78, 5) is 28.4. The number of anilines is 1. The molecule has 1 aromatic heterocycles. The van der Waals surface area contributed by atoms with E-state index >= 15 is 0 Å². The van der Waals surface area contributed by atoms with Crippen LogP contribution in [0.15, 0.2) is 6.20 Å². The number of rotatable bonds is 3. The SMILES string of the molecule is Cc1cnc(NC(=O)C2CCCC(C(N)=O)C2)s1. The molecule has 1 aliphatic rings. The summed E-state index contributed by atoms with van der Waals surface area (Å²) in [5.74, 6) is -0.624. The Morgan fingerprint density at radius 2 is 2.17 bits per heavy atom. The van der Waals surface area contributed by atoms with E-state index in [-0.39, 0.29) is 23.7 Å². The fourth-order valence-corrected chi connectivity index (χ4v) is 2.97. The number of carbonyl (C=O) groups excluding carboxylic acids is 2. The summed E-state index contributed by atoms with van der Waals surface area (Å²) in [5.41, 5.74) is 5.30. The number of nitrogens with two attached hydrogens (primary N) is 1. The van der Waals surface area contributed by atoms with Gasteiger partial charge in [0.1, 0.15) is 0 Å². The van der Waals surface area contributed by atoms with Crippen LogP contribution in [0.5, 0.6) is 0 Å². The third-order valence-electron chi connectivity index (χ3n) is 3.30. The van der Waals surface area contributed by atoms with E-state index in [0.717, 1.165) is 24.1 Å². The van der Waals surface area contributed by atoms with Crippen molar-refractivity contribution in [3.05, 3.63) is 11.1 Å². The van der Waals surface area contributed by atoms with Crippen molar-refractivity contribution in [2.75, 3.05) is 5.32 Å². The number of carbonyl (C=O) groups is 2. The average molecular weight is 267 g/mol. The number of aryl methyl sites for hydroxylation is 1. The van der Waals surface area contributed by atoms with Crippen molar-refractivity contribution in [3.63, 3.8) is 0 Å². The summed E-state index contributed by atoms with van der Waals surface area (Å²) >= 11 is 1.45. The van der Waals surface area contributed by atoms with E-state index in [1.807, 2.05) is 6.92 Å². The molecular formula is C12H17N3O2S. The zero-order valence-corrected chi connectivity index (χ0v) is 11.1. The molecule has 2 amide bonds. The number of aromatic nitrogens is 1. The highest BCUT2D eigenvalue weighted by Crippen LogP contribution is 2.30. The molecule has 2 unspecified atom stereocenters. The molecular weight excluding hydrogens is 250 g/mol. The second-order valence-electron chi connectivity index (χ2n) is 4.73. The Labute approximate surface area is 110 Å². The highest BCUT2D eigenvalue weighted by Gasteiger charge is 2.30. The number of hydrogen-bond donors (Lipinski definition) is 2. The molecule has 0 spiro atoms. The van der Waals surface area contributed by atoms with Crippen LogP contribution in [0.4, 0.5) is 5.13 Å². The summed E-state index contributed by atoms with van der Waals surface area (Å²) in [5, 5.41) is 3.43. The highest BCUT2D eigenvalue weighted by atomic mass is 32.1. The molecule has 98 valence electrons. The first kappa shape index (κ1) is 13.0. The minimum atomic E-state index is -0.294. The van der Waals surface area contributed by atoms with Gasteiger partial charge in [0.25, 0.3) is 0 Å². The second kappa shape index (κ2) is 5.48. The van der Waals surface area contributed by atoms with Crippen molar-refractivity contribution in [2.24, 2.45) is 17.6 Å². The van der Waals surface area contributed by atoms with E-state index in [1.165, 1.54) is 11.3 Å². The molecule has 1 saturated carbocycles. The Kier molecular flexibility index (Phi) is 3.96. The van der Waals surface area contributed by atoms with Crippen LogP contribution in [-0.2, 0) is 9.59 Å². The maximum atomic E-state index is 12.0. The van der Waals surface area contributed by atoms with Crippen molar-refractivity contribution >= 4 is 28.3 Å². The van der Waals surface area contributed by atoms with Gasteiger partial charge in [-0.3, -0.25) is 9.59 Å². The minimum absolute atomic E-state index is 0.0460. The van der Waals surface area contributed by atoms with Crippen LogP contribution in [0.25, 0.3) is 0 Å². The smallest absolute Gasteiger partial charge is 0.229 e. The zero-order valence-electron chi connectivity index (χ0n) is 10.3. The van der Waals surface area contributed by atoms with Gasteiger partial charge in [0.05, 0.1) is 0 Å². The molecule has 3 N–H and O–H groups in total. The van der Waals surface area contributed by atoms with Crippen LogP contribution < -0.4 is 11.1 Å². The maximum Gasteiger partial charge on any atom is 0.229 e. The minimum Gasteiger partial charge on any atom is -0.369 e. The van der Waals surface area contributed by atoms with Gasteiger partial charge in [-0.2, -0.15) is 0 Å². The molecule has 0 aromatic carbocycles. The second-order valence-corrected chi connectivity index (χ2v) is 5.96. The molecule has 1 heterocycles. The molecule has 1 fully saturated rings. The number of nitrogens with zero attached hydrogens (tertiary/aromatic N) is 1. The molecule has 1 aliphatic carbocycles. The number of hydrogen-bond acceptors (Lipinski definition) is 4. The van der Waals surface area contributed by atoms with Crippen LogP contribution in [0, 0.1) is 18.8 Å². The van der Waals surface area contributed by atoms with Gasteiger partial charge < -0.3 is 11.1 Å². The van der Waals surface area contributed by atoms with Gasteiger partial charge >= 0.3 is 0 Å². The van der Waals surface area contributed by atoms with Gasteiger partial charge in [-0.15, -0.1) is 11.3 Å². The molecule has 0 aliphatic heterocycles. The topological polar surface area (TPSA) is 85.1 Å². The van der Waals surface area contributed by atoms with Crippen molar-refractivity contribution in [1.29, 1.82) is 0 Å². The Morgan fingerprint density at radius 1 is 1.44 bits per heavy atom. The molecule has 5 nitrogen and oxygen atoms in total. The predicted octanol–water partition coefficient (Wildman–Crippen LogP) is 1.68. The largest absolute Gasteiger partial charge is 0.369 e. The fraction of sp³-hybridized carbons (Fsp3) is 0.583. The third kappa shape index (κ3) is 3.07. The van der Waals surface area contributed by atoms with Gasteiger partial charge in [-0.1, -0.05) is 6.42 Å². The van der Waals surface area contributed by atoms with Gasteiger partial charge in [0.2, 0.25) is 11.8 Å². The van der Waals surface area contributed by atoms with Gasteiger partial charge in [0.15, 0.2) is 5.13 Å². The Morgan fingerprint density at radius 3 is 2.78 bits per heavy atom. The lowest BCUT2D eigenvalue weighted by Crippen LogP contribution is -2.33. The number of thiazole rings is 1. The molecule has 0 radical (unpaired) electrons. The normalized spacial score (nSPS) is 23.6. The number of primary amides is 1. The summed E-state index contributed by atoms with van der Waals surface area (Å²) in [7, 11) is 0. The maximum absolute atomic E-state index is 12.0. The van der Waals surface area contributed by atoms with Crippen LogP contribution in [0.3, 0.4) is 0 Å². The zero-order chi connectivity index (χ0) is 13.1. The molecule has 6 heteroatoms. The summed E-state index contributed by atoms with van der Waals surface area (Å²) in [6.07, 6.45) is 4.79. The number of amides is 2. The van der Waals surface area contributed by atoms with E-state index in [9.17, 15) is 9.59 Å². The van der Waals surface area contributed by atoms with Crippen LogP contribution >= 0.6 is 11.3 Å². The van der Waals surface area contributed by atoms with Crippen LogP contribution in [0.1, 0.15) is 30.6 Å². The molecule has 2 rings (SSSR count). The monoisotopic (exact) mass is 267 g/mol. The lowest BCUT2D eigenvalue weighted by Gasteiger charge is -2.25. The van der Waals surface area contributed by atoms with Gasteiger partial charge in [-0.05, 0) is 26.2 Å². The summed E-state index contributed by atoms with van der Waals surface area (Å²) in [6.45, 7) is 1.94. The molecule has 0 saturated heterocycles. The Bertz CT molecular complexity index is 458. The van der Waals surface area contributed by atoms with Crippen LogP contribution in [0.2, 0.25) is 0 Å². The fourth-order valence-electron chi connectivity index (χ4n) is 2.31. The Balaban J connectivity index is 1.94. The highest BCUT2D eigenvalue weighted by molar-refractivity contribution is 7.15. The van der Waals surface area contributed by atoms with E-state index in [2.05, 4.69) is 10.3 Å². The van der Waals surface area contributed by atoms with Crippen molar-refractivity contribution in [1.82, 2.24) is 4.98 Å². The van der Waals surface area contributed by atoms with Crippen molar-refractivity contribution in [3.8, 4) is 0 Å². The molecule has 2 atom stereocenters. The van der Waals surface area contributed by atoms with Crippen LogP contribution in [-0.4, -0.2) is 16.8 Å². The quantitative estimate of drug-likeness (QED) is 0.873. The molecule has 0 bridgehead atoms. The Hall–Kier alpha value is -1.43. The lowest BCUT2D eigenvalue weighted by atomic mass is 9.80. The van der Waals surface area contributed by atoms with Gasteiger partial charge in [0, 0.05) is 22.9 Å². The lowest BCUT2D eigenvalue weighted by molar-refractivity contribution is -0.125. The first-order valence-corrected chi connectivity index (χ1v) is 6.90. The first-order chi connectivity index (χ1) is 8.56. The summed E-state index contributed by atoms with van der Waals surface area (Å²) in [6, 6.07) is 0. The standard InChI is InChI=1S/C12H17N3O2S/c1-7-6-14-12(18-7)15-11(17)9-4-2-3-8(5-9)10(13)16/h6,8-9H,2-5H2,1H3,(H2,13,16)(H,14,15,17). The summed E-state index contributed by atoms with van der Waals surface area (Å²) < 4.78 is 0.